The predicted molar refractivity (Wildman–Crippen MR) is 87.8 cm³/mol. The molecule has 116 valence electrons. The first kappa shape index (κ1) is 14.9. The quantitative estimate of drug-likeness (QED) is 0.823. The number of nitrogens with zero attached hydrogens (tertiary/aromatic N) is 2. The molecule has 1 saturated heterocycles. The van der Waals surface area contributed by atoms with Crippen LogP contribution in [-0.2, 0) is 0 Å². The molecular weight excluding hydrogens is 276 g/mol. The molecule has 0 bridgehead atoms. The van der Waals surface area contributed by atoms with Crippen LogP contribution in [0.2, 0.25) is 0 Å². The number of para-hydroxylation sites is 1. The first-order chi connectivity index (χ1) is 10.8. The standard InChI is InChI=1S/C17H22N4O/c22-17(20-10-4-12-21-11-3-8-18-13-21)15-7-1-5-14-6-2-9-19-16(14)15/h1-2,5-7,9,18H,3-4,8,10-13H2,(H,20,22). The van der Waals surface area contributed by atoms with E-state index < -0.39 is 0 Å². The number of rotatable bonds is 5. The average molecular weight is 298 g/mol. The SMILES string of the molecule is O=C(NCCCN1CCCNC1)c1cccc2cccnc12. The fourth-order valence-electron chi connectivity index (χ4n) is 2.82. The number of hydrogen-bond donors (Lipinski definition) is 2. The number of aromatic nitrogens is 1. The van der Waals surface area contributed by atoms with Crippen molar-refractivity contribution >= 4 is 16.8 Å². The Labute approximate surface area is 130 Å². The molecule has 0 atom stereocenters. The second-order valence-corrected chi connectivity index (χ2v) is 5.62. The van der Waals surface area contributed by atoms with Crippen molar-refractivity contribution in [3.05, 3.63) is 42.1 Å². The van der Waals surface area contributed by atoms with E-state index in [0.29, 0.717) is 12.1 Å². The number of carbonyl (C=O) groups excluding carboxylic acids is 1. The van der Waals surface area contributed by atoms with Gasteiger partial charge < -0.3 is 10.6 Å². The molecule has 0 spiro atoms. The highest BCUT2D eigenvalue weighted by Gasteiger charge is 2.11. The van der Waals surface area contributed by atoms with Crippen LogP contribution in [0.1, 0.15) is 23.2 Å². The zero-order valence-electron chi connectivity index (χ0n) is 12.7. The lowest BCUT2D eigenvalue weighted by Gasteiger charge is -2.27. The van der Waals surface area contributed by atoms with Gasteiger partial charge >= 0.3 is 0 Å². The lowest BCUT2D eigenvalue weighted by Crippen LogP contribution is -2.42. The van der Waals surface area contributed by atoms with Gasteiger partial charge in [-0.15, -0.1) is 0 Å². The fourth-order valence-corrected chi connectivity index (χ4v) is 2.82. The monoisotopic (exact) mass is 298 g/mol. The topological polar surface area (TPSA) is 57.3 Å². The van der Waals surface area contributed by atoms with E-state index in [1.165, 1.54) is 6.42 Å². The Morgan fingerprint density at radius 1 is 1.32 bits per heavy atom. The van der Waals surface area contributed by atoms with Gasteiger partial charge in [-0.3, -0.25) is 14.7 Å². The molecule has 1 amide bonds. The van der Waals surface area contributed by atoms with Gasteiger partial charge in [-0.05, 0) is 31.5 Å². The van der Waals surface area contributed by atoms with Crippen LogP contribution in [0.4, 0.5) is 0 Å². The Morgan fingerprint density at radius 3 is 3.09 bits per heavy atom. The lowest BCUT2D eigenvalue weighted by atomic mass is 10.1. The van der Waals surface area contributed by atoms with E-state index in [2.05, 4.69) is 20.5 Å². The summed E-state index contributed by atoms with van der Waals surface area (Å²) in [5.74, 6) is -0.0407. The van der Waals surface area contributed by atoms with Crippen molar-refractivity contribution in [1.82, 2.24) is 20.5 Å². The van der Waals surface area contributed by atoms with Gasteiger partial charge in [0, 0.05) is 37.9 Å². The van der Waals surface area contributed by atoms with Crippen LogP contribution < -0.4 is 10.6 Å². The van der Waals surface area contributed by atoms with E-state index >= 15 is 0 Å². The van der Waals surface area contributed by atoms with Gasteiger partial charge in [0.2, 0.25) is 0 Å². The Morgan fingerprint density at radius 2 is 2.23 bits per heavy atom. The maximum Gasteiger partial charge on any atom is 0.253 e. The molecule has 1 aliphatic rings. The Balaban J connectivity index is 1.53. The second-order valence-electron chi connectivity index (χ2n) is 5.62. The highest BCUT2D eigenvalue weighted by atomic mass is 16.1. The van der Waals surface area contributed by atoms with Crippen molar-refractivity contribution in [2.45, 2.75) is 12.8 Å². The molecule has 0 saturated carbocycles. The first-order valence-electron chi connectivity index (χ1n) is 7.89. The largest absolute Gasteiger partial charge is 0.352 e. The molecule has 2 N–H and O–H groups in total. The van der Waals surface area contributed by atoms with Gasteiger partial charge in [-0.25, -0.2) is 0 Å². The van der Waals surface area contributed by atoms with Crippen LogP contribution in [-0.4, -0.2) is 48.6 Å². The summed E-state index contributed by atoms with van der Waals surface area (Å²) in [6, 6.07) is 9.57. The zero-order valence-corrected chi connectivity index (χ0v) is 12.7. The molecule has 2 aromatic rings. The third-order valence-corrected chi connectivity index (χ3v) is 3.98. The highest BCUT2D eigenvalue weighted by Crippen LogP contribution is 2.15. The molecular formula is C17H22N4O. The molecule has 1 fully saturated rings. The Hall–Kier alpha value is -1.98. The van der Waals surface area contributed by atoms with Crippen LogP contribution in [0.25, 0.3) is 10.9 Å². The minimum Gasteiger partial charge on any atom is -0.352 e. The molecule has 0 unspecified atom stereocenters. The van der Waals surface area contributed by atoms with Crippen LogP contribution in [0.3, 0.4) is 0 Å². The van der Waals surface area contributed by atoms with Gasteiger partial charge in [0.1, 0.15) is 0 Å². The Bertz CT molecular complexity index is 632. The van der Waals surface area contributed by atoms with Gasteiger partial charge in [0.05, 0.1) is 11.1 Å². The average Bonchev–Trinajstić information content (AvgIpc) is 2.59. The molecule has 2 heterocycles. The van der Waals surface area contributed by atoms with Crippen LogP contribution in [0.15, 0.2) is 36.5 Å². The molecule has 0 radical (unpaired) electrons. The van der Waals surface area contributed by atoms with Crippen molar-refractivity contribution < 1.29 is 4.79 Å². The zero-order chi connectivity index (χ0) is 15.2. The lowest BCUT2D eigenvalue weighted by molar-refractivity contribution is 0.0952. The molecule has 1 aromatic carbocycles. The van der Waals surface area contributed by atoms with Crippen LogP contribution in [0, 0.1) is 0 Å². The summed E-state index contributed by atoms with van der Waals surface area (Å²) in [5.41, 5.74) is 1.42. The maximum atomic E-state index is 12.3. The van der Waals surface area contributed by atoms with E-state index in [1.54, 1.807) is 6.20 Å². The van der Waals surface area contributed by atoms with Crippen molar-refractivity contribution in [1.29, 1.82) is 0 Å². The van der Waals surface area contributed by atoms with Crippen molar-refractivity contribution in [3.63, 3.8) is 0 Å². The number of hydrogen-bond acceptors (Lipinski definition) is 4. The highest BCUT2D eigenvalue weighted by molar-refractivity contribution is 6.05. The normalized spacial score (nSPS) is 15.8. The summed E-state index contributed by atoms with van der Waals surface area (Å²) in [5, 5.41) is 7.36. The molecule has 3 rings (SSSR count). The number of nitrogens with one attached hydrogen (secondary N) is 2. The summed E-state index contributed by atoms with van der Waals surface area (Å²) in [6.07, 6.45) is 3.89. The van der Waals surface area contributed by atoms with Crippen molar-refractivity contribution in [2.75, 3.05) is 32.8 Å². The van der Waals surface area contributed by atoms with Crippen molar-refractivity contribution in [3.8, 4) is 0 Å². The third-order valence-electron chi connectivity index (χ3n) is 3.98. The van der Waals surface area contributed by atoms with E-state index in [1.807, 2.05) is 30.3 Å². The molecule has 22 heavy (non-hydrogen) atoms. The second kappa shape index (κ2) is 7.33. The molecule has 5 heteroatoms. The third kappa shape index (κ3) is 3.61. The maximum absolute atomic E-state index is 12.3. The molecule has 5 nitrogen and oxygen atoms in total. The van der Waals surface area contributed by atoms with E-state index in [0.717, 1.165) is 43.6 Å². The van der Waals surface area contributed by atoms with Gasteiger partial charge in [-0.1, -0.05) is 18.2 Å². The summed E-state index contributed by atoms with van der Waals surface area (Å²) in [4.78, 5) is 19.0. The summed E-state index contributed by atoms with van der Waals surface area (Å²) >= 11 is 0. The fraction of sp³-hybridized carbons (Fsp3) is 0.412. The summed E-state index contributed by atoms with van der Waals surface area (Å²) in [7, 11) is 0. The summed E-state index contributed by atoms with van der Waals surface area (Å²) < 4.78 is 0. The van der Waals surface area contributed by atoms with Gasteiger partial charge in [0.15, 0.2) is 0 Å². The van der Waals surface area contributed by atoms with Gasteiger partial charge in [-0.2, -0.15) is 0 Å². The van der Waals surface area contributed by atoms with Crippen LogP contribution >= 0.6 is 0 Å². The number of carbonyl (C=O) groups is 1. The minimum atomic E-state index is -0.0407. The Kier molecular flexibility index (Phi) is 4.98. The summed E-state index contributed by atoms with van der Waals surface area (Å²) in [6.45, 7) is 4.93. The number of fused-ring (bicyclic) bond motifs is 1. The van der Waals surface area contributed by atoms with E-state index in [4.69, 9.17) is 0 Å². The van der Waals surface area contributed by atoms with Gasteiger partial charge in [0.25, 0.3) is 5.91 Å². The van der Waals surface area contributed by atoms with Crippen molar-refractivity contribution in [2.24, 2.45) is 0 Å². The van der Waals surface area contributed by atoms with E-state index in [9.17, 15) is 4.79 Å². The molecule has 1 aliphatic heterocycles. The smallest absolute Gasteiger partial charge is 0.253 e. The number of amides is 1. The van der Waals surface area contributed by atoms with Crippen LogP contribution in [0.5, 0.6) is 0 Å². The first-order valence-corrected chi connectivity index (χ1v) is 7.89. The molecule has 1 aromatic heterocycles. The minimum absolute atomic E-state index is 0.0407. The number of benzene rings is 1. The van der Waals surface area contributed by atoms with E-state index in [-0.39, 0.29) is 5.91 Å². The number of pyridine rings is 1. The molecule has 0 aliphatic carbocycles. The predicted octanol–water partition coefficient (Wildman–Crippen LogP) is 1.61.